The molecule has 90 valence electrons. The molecule has 3 heteroatoms. The fourth-order valence-corrected chi connectivity index (χ4v) is 1.42. The molecule has 0 aromatic rings. The van der Waals surface area contributed by atoms with Gasteiger partial charge in [-0.1, -0.05) is 20.8 Å². The summed E-state index contributed by atoms with van der Waals surface area (Å²) >= 11 is 0. The molecule has 0 rings (SSSR count). The number of nitrogens with one attached hydrogen (secondary N) is 1. The van der Waals surface area contributed by atoms with Gasteiger partial charge in [-0.3, -0.25) is 4.79 Å². The summed E-state index contributed by atoms with van der Waals surface area (Å²) < 4.78 is 4.97. The molecular weight excluding hydrogens is 190 g/mol. The number of hydrogen-bond donors (Lipinski definition) is 1. The van der Waals surface area contributed by atoms with Gasteiger partial charge in [0.1, 0.15) is 6.04 Å². The second-order valence-electron chi connectivity index (χ2n) is 4.20. The van der Waals surface area contributed by atoms with E-state index in [1.54, 1.807) is 0 Å². The highest BCUT2D eigenvalue weighted by atomic mass is 16.5. The van der Waals surface area contributed by atoms with Crippen molar-refractivity contribution in [3.63, 3.8) is 0 Å². The predicted molar refractivity (Wildman–Crippen MR) is 62.8 cm³/mol. The second-order valence-corrected chi connectivity index (χ2v) is 4.20. The van der Waals surface area contributed by atoms with E-state index in [-0.39, 0.29) is 12.0 Å². The second kappa shape index (κ2) is 8.72. The summed E-state index contributed by atoms with van der Waals surface area (Å²) in [6.45, 7) is 9.62. The Morgan fingerprint density at radius 2 is 2.00 bits per heavy atom. The van der Waals surface area contributed by atoms with E-state index in [9.17, 15) is 4.79 Å². The molecule has 3 nitrogen and oxygen atoms in total. The highest BCUT2D eigenvalue weighted by Crippen LogP contribution is 2.03. The Morgan fingerprint density at radius 1 is 1.33 bits per heavy atom. The quantitative estimate of drug-likeness (QED) is 0.499. The first-order chi connectivity index (χ1) is 7.11. The van der Waals surface area contributed by atoms with E-state index in [0.29, 0.717) is 6.61 Å². The van der Waals surface area contributed by atoms with Crippen LogP contribution in [0.3, 0.4) is 0 Å². The number of rotatable bonds is 8. The van der Waals surface area contributed by atoms with Gasteiger partial charge in [0.2, 0.25) is 0 Å². The van der Waals surface area contributed by atoms with E-state index < -0.39 is 0 Å². The van der Waals surface area contributed by atoms with E-state index in [4.69, 9.17) is 4.74 Å². The van der Waals surface area contributed by atoms with Crippen LogP contribution in [0.4, 0.5) is 0 Å². The Labute approximate surface area is 93.6 Å². The molecule has 0 aromatic carbocycles. The summed E-state index contributed by atoms with van der Waals surface area (Å²) in [6, 6.07) is -0.128. The predicted octanol–water partition coefficient (Wildman–Crippen LogP) is 2.35. The highest BCUT2D eigenvalue weighted by Gasteiger charge is 2.15. The first-order valence-corrected chi connectivity index (χ1v) is 6.01. The molecule has 0 spiro atoms. The van der Waals surface area contributed by atoms with Crippen LogP contribution in [0, 0.1) is 5.92 Å². The minimum absolute atomic E-state index is 0.121. The Kier molecular flexibility index (Phi) is 8.38. The van der Waals surface area contributed by atoms with Crippen molar-refractivity contribution < 1.29 is 9.53 Å². The minimum Gasteiger partial charge on any atom is -0.465 e. The zero-order chi connectivity index (χ0) is 11.7. The lowest BCUT2D eigenvalue weighted by Crippen LogP contribution is -2.38. The van der Waals surface area contributed by atoms with Crippen LogP contribution in [0.5, 0.6) is 0 Å². The Balaban J connectivity index is 3.65. The largest absolute Gasteiger partial charge is 0.465 e. The van der Waals surface area contributed by atoms with Crippen molar-refractivity contribution in [2.45, 2.75) is 53.0 Å². The van der Waals surface area contributed by atoms with Gasteiger partial charge < -0.3 is 10.1 Å². The molecule has 15 heavy (non-hydrogen) atoms. The van der Waals surface area contributed by atoms with Crippen molar-refractivity contribution in [1.82, 2.24) is 5.32 Å². The smallest absolute Gasteiger partial charge is 0.323 e. The molecule has 0 amide bonds. The van der Waals surface area contributed by atoms with Crippen LogP contribution < -0.4 is 5.32 Å². The zero-order valence-corrected chi connectivity index (χ0v) is 10.5. The van der Waals surface area contributed by atoms with Gasteiger partial charge in [-0.15, -0.1) is 0 Å². The molecular formula is C12H25NO2. The van der Waals surface area contributed by atoms with Crippen LogP contribution in [0.1, 0.15) is 47.0 Å². The van der Waals surface area contributed by atoms with E-state index in [1.165, 1.54) is 6.42 Å². The molecule has 0 saturated heterocycles. The molecule has 1 unspecified atom stereocenters. The molecule has 1 atom stereocenters. The number of hydrogen-bond acceptors (Lipinski definition) is 3. The van der Waals surface area contributed by atoms with Gasteiger partial charge in [-0.25, -0.2) is 0 Å². The van der Waals surface area contributed by atoms with Crippen molar-refractivity contribution in [1.29, 1.82) is 0 Å². The number of carbonyl (C=O) groups is 1. The lowest BCUT2D eigenvalue weighted by molar-refractivity contribution is -0.145. The van der Waals surface area contributed by atoms with Crippen molar-refractivity contribution in [2.24, 2.45) is 5.92 Å². The summed E-state index contributed by atoms with van der Waals surface area (Å²) in [5.41, 5.74) is 0. The Bertz CT molecular complexity index is 169. The third kappa shape index (κ3) is 7.37. The Hall–Kier alpha value is -0.570. The summed E-state index contributed by atoms with van der Waals surface area (Å²) in [5, 5.41) is 3.23. The van der Waals surface area contributed by atoms with Crippen LogP contribution in [0.15, 0.2) is 0 Å². The van der Waals surface area contributed by atoms with Gasteiger partial charge in [-0.05, 0) is 38.6 Å². The van der Waals surface area contributed by atoms with E-state index in [0.717, 1.165) is 25.3 Å². The maximum absolute atomic E-state index is 11.4. The van der Waals surface area contributed by atoms with Gasteiger partial charge in [-0.2, -0.15) is 0 Å². The standard InChI is InChI=1S/C12H25NO2/c1-5-11(12(14)15-6-2)13-9-7-8-10(3)4/h10-11,13H,5-9H2,1-4H3. The minimum atomic E-state index is -0.128. The average molecular weight is 215 g/mol. The maximum atomic E-state index is 11.4. The van der Waals surface area contributed by atoms with Crippen molar-refractivity contribution >= 4 is 5.97 Å². The van der Waals surface area contributed by atoms with Gasteiger partial charge in [0.05, 0.1) is 6.61 Å². The van der Waals surface area contributed by atoms with Crippen molar-refractivity contribution in [2.75, 3.05) is 13.2 Å². The first-order valence-electron chi connectivity index (χ1n) is 6.01. The van der Waals surface area contributed by atoms with E-state index in [1.807, 2.05) is 13.8 Å². The summed E-state index contributed by atoms with van der Waals surface area (Å²) in [7, 11) is 0. The average Bonchev–Trinajstić information content (AvgIpc) is 2.17. The summed E-state index contributed by atoms with van der Waals surface area (Å²) in [6.07, 6.45) is 3.11. The van der Waals surface area contributed by atoms with Crippen molar-refractivity contribution in [3.05, 3.63) is 0 Å². The van der Waals surface area contributed by atoms with E-state index in [2.05, 4.69) is 19.2 Å². The van der Waals surface area contributed by atoms with Gasteiger partial charge in [0.15, 0.2) is 0 Å². The lowest BCUT2D eigenvalue weighted by atomic mass is 10.1. The van der Waals surface area contributed by atoms with Gasteiger partial charge >= 0.3 is 5.97 Å². The molecule has 0 fully saturated rings. The molecule has 0 bridgehead atoms. The van der Waals surface area contributed by atoms with Crippen LogP contribution in [-0.2, 0) is 9.53 Å². The molecule has 0 radical (unpaired) electrons. The van der Waals surface area contributed by atoms with Crippen LogP contribution in [-0.4, -0.2) is 25.2 Å². The zero-order valence-electron chi connectivity index (χ0n) is 10.5. The lowest BCUT2D eigenvalue weighted by Gasteiger charge is -2.15. The fraction of sp³-hybridized carbons (Fsp3) is 0.917. The maximum Gasteiger partial charge on any atom is 0.323 e. The highest BCUT2D eigenvalue weighted by molar-refractivity contribution is 5.75. The Morgan fingerprint density at radius 3 is 2.47 bits per heavy atom. The fourth-order valence-electron chi connectivity index (χ4n) is 1.42. The van der Waals surface area contributed by atoms with Crippen LogP contribution >= 0.6 is 0 Å². The third-order valence-corrected chi connectivity index (χ3v) is 2.33. The van der Waals surface area contributed by atoms with Gasteiger partial charge in [0, 0.05) is 0 Å². The number of carbonyl (C=O) groups excluding carboxylic acids is 1. The molecule has 0 aliphatic carbocycles. The van der Waals surface area contributed by atoms with Crippen LogP contribution in [0.25, 0.3) is 0 Å². The topological polar surface area (TPSA) is 38.3 Å². The molecule has 0 heterocycles. The van der Waals surface area contributed by atoms with Crippen LogP contribution in [0.2, 0.25) is 0 Å². The van der Waals surface area contributed by atoms with Gasteiger partial charge in [0.25, 0.3) is 0 Å². The van der Waals surface area contributed by atoms with Crippen molar-refractivity contribution in [3.8, 4) is 0 Å². The monoisotopic (exact) mass is 215 g/mol. The number of esters is 1. The summed E-state index contributed by atoms with van der Waals surface area (Å²) in [4.78, 5) is 11.4. The molecule has 0 aliphatic rings. The molecule has 0 aliphatic heterocycles. The third-order valence-electron chi connectivity index (χ3n) is 2.33. The SMILES string of the molecule is CCOC(=O)C(CC)NCCCC(C)C. The molecule has 0 saturated carbocycles. The number of ether oxygens (including phenoxy) is 1. The normalized spacial score (nSPS) is 12.9. The first kappa shape index (κ1) is 14.4. The van der Waals surface area contributed by atoms with E-state index >= 15 is 0 Å². The molecule has 1 N–H and O–H groups in total. The summed E-state index contributed by atoms with van der Waals surface area (Å²) in [5.74, 6) is 0.610. The molecule has 0 aromatic heterocycles.